The normalized spacial score (nSPS) is 13.9. The molecule has 2 N–H and O–H groups in total. The summed E-state index contributed by atoms with van der Waals surface area (Å²) in [6, 6.07) is 6.74. The largest absolute Gasteiger partial charge is 0.385 e. The van der Waals surface area contributed by atoms with Gasteiger partial charge in [0.1, 0.15) is 0 Å². The van der Waals surface area contributed by atoms with Crippen LogP contribution in [0.25, 0.3) is 0 Å². The van der Waals surface area contributed by atoms with Crippen molar-refractivity contribution in [2.75, 3.05) is 0 Å². The van der Waals surface area contributed by atoms with E-state index in [1.807, 2.05) is 12.1 Å². The number of benzene rings is 1. The third-order valence-electron chi connectivity index (χ3n) is 4.19. The van der Waals surface area contributed by atoms with Gasteiger partial charge in [-0.1, -0.05) is 76.8 Å². The van der Waals surface area contributed by atoms with Crippen molar-refractivity contribution in [2.45, 2.75) is 77.6 Å². The van der Waals surface area contributed by atoms with E-state index >= 15 is 0 Å². The molecule has 0 saturated heterocycles. The minimum absolute atomic E-state index is 0.117. The molecule has 1 aromatic carbocycles. The smallest absolute Gasteiger partial charge is 0.319 e. The van der Waals surface area contributed by atoms with Crippen molar-refractivity contribution in [3.05, 3.63) is 29.8 Å². The summed E-state index contributed by atoms with van der Waals surface area (Å²) in [5, 5.41) is 8.53. The summed E-state index contributed by atoms with van der Waals surface area (Å²) in [5.74, 6) is 0. The predicted octanol–water partition coefficient (Wildman–Crippen LogP) is 5.45. The Morgan fingerprint density at radius 2 is 1.35 bits per heavy atom. The topological polar surface area (TPSA) is 66.8 Å². The quantitative estimate of drug-likeness (QED) is 0.216. The molecule has 0 aromatic heterocycles. The van der Waals surface area contributed by atoms with Crippen molar-refractivity contribution in [3.8, 4) is 0 Å². The highest BCUT2D eigenvalue weighted by atomic mass is 31.2. The van der Waals surface area contributed by atoms with E-state index in [1.54, 1.807) is 12.1 Å². The second-order valence-corrected chi connectivity index (χ2v) is 7.92. The molecule has 0 radical (unpaired) electrons. The summed E-state index contributed by atoms with van der Waals surface area (Å²) < 4.78 is 15.1. The van der Waals surface area contributed by atoms with Gasteiger partial charge in [-0.2, -0.15) is 0 Å². The first-order chi connectivity index (χ1) is 11.1. The Bertz CT molecular complexity index is 459. The van der Waals surface area contributed by atoms with Gasteiger partial charge >= 0.3 is 7.60 Å². The minimum atomic E-state index is -4.04. The highest BCUT2D eigenvalue weighted by Crippen LogP contribution is 2.38. The van der Waals surface area contributed by atoms with Crippen molar-refractivity contribution < 1.29 is 19.4 Å². The van der Waals surface area contributed by atoms with Gasteiger partial charge in [0.05, 0.1) is 5.30 Å². The predicted molar refractivity (Wildman–Crippen MR) is 95.2 cm³/mol. The molecular weight excluding hydrogens is 311 g/mol. The molecule has 0 aliphatic rings. The molecule has 0 bridgehead atoms. The summed E-state index contributed by atoms with van der Waals surface area (Å²) in [6.45, 7) is 2.25. The molecule has 0 aliphatic heterocycles. The summed E-state index contributed by atoms with van der Waals surface area (Å²) in [5.41, 5.74) is 1.14. The van der Waals surface area contributed by atoms with Crippen LogP contribution in [0.4, 0.5) is 0 Å². The zero-order valence-electron chi connectivity index (χ0n) is 14.2. The molecule has 5 heteroatoms. The first-order valence-corrected chi connectivity index (χ1v) is 10.4. The van der Waals surface area contributed by atoms with Crippen LogP contribution in [0.1, 0.15) is 76.7 Å². The van der Waals surface area contributed by atoms with Crippen molar-refractivity contribution in [1.29, 1.82) is 0 Å². The number of rotatable bonds is 13. The highest BCUT2D eigenvalue weighted by Gasteiger charge is 2.22. The number of unbranched alkanes of at least 4 members (excludes halogenated alkanes) is 9. The molecule has 0 amide bonds. The van der Waals surface area contributed by atoms with Crippen LogP contribution >= 0.6 is 7.60 Å². The van der Waals surface area contributed by atoms with Gasteiger partial charge in [-0.3, -0.25) is 4.57 Å². The number of hydrogen-bond acceptors (Lipinski definition) is 3. The maximum Gasteiger partial charge on any atom is 0.385 e. The molecule has 1 unspecified atom stereocenters. The van der Waals surface area contributed by atoms with Crippen LogP contribution in [0, 0.1) is 0 Å². The van der Waals surface area contributed by atoms with Crippen LogP contribution in [0.2, 0.25) is 0 Å². The molecular formula is C18H31O4P. The number of hydrogen-bond donors (Lipinski definition) is 2. The van der Waals surface area contributed by atoms with Crippen LogP contribution < -0.4 is 5.30 Å². The maximum atomic E-state index is 11.4. The molecule has 1 rings (SSSR count). The standard InChI is InChI=1S/C18H31O4P/c1-2-3-4-5-6-7-8-9-10-11-12-17-13-15-18(16-14-17)23(20,21)22-19/h13-16,19H,2-12H2,1H3,(H,20,21). The van der Waals surface area contributed by atoms with E-state index in [1.165, 1.54) is 57.8 Å². The molecule has 0 fully saturated rings. The average Bonchev–Trinajstić information content (AvgIpc) is 2.57. The second-order valence-electron chi connectivity index (χ2n) is 6.20. The third-order valence-corrected chi connectivity index (χ3v) is 5.36. The fourth-order valence-corrected chi connectivity index (χ4v) is 3.33. The van der Waals surface area contributed by atoms with E-state index in [9.17, 15) is 9.46 Å². The van der Waals surface area contributed by atoms with Gasteiger partial charge in [-0.15, -0.1) is 4.67 Å². The Labute approximate surface area is 140 Å². The van der Waals surface area contributed by atoms with Gasteiger partial charge in [0.25, 0.3) is 0 Å². The van der Waals surface area contributed by atoms with Crippen molar-refractivity contribution >= 4 is 12.9 Å². The molecule has 0 spiro atoms. The van der Waals surface area contributed by atoms with E-state index in [2.05, 4.69) is 11.6 Å². The summed E-state index contributed by atoms with van der Waals surface area (Å²) >= 11 is 0. The second kappa shape index (κ2) is 11.8. The Hall–Kier alpha value is -0.670. The fourth-order valence-electron chi connectivity index (χ4n) is 2.71. The molecule has 0 heterocycles. The first kappa shape index (κ1) is 20.4. The Kier molecular flexibility index (Phi) is 10.5. The molecule has 132 valence electrons. The highest BCUT2D eigenvalue weighted by molar-refractivity contribution is 7.61. The maximum absolute atomic E-state index is 11.4. The third kappa shape index (κ3) is 8.66. The van der Waals surface area contributed by atoms with Gasteiger partial charge in [-0.25, -0.2) is 5.26 Å². The van der Waals surface area contributed by atoms with Gasteiger partial charge in [-0.05, 0) is 30.5 Å². The monoisotopic (exact) mass is 342 g/mol. The molecule has 23 heavy (non-hydrogen) atoms. The molecule has 1 aromatic rings. The lowest BCUT2D eigenvalue weighted by molar-refractivity contribution is -0.143. The Balaban J connectivity index is 2.09. The average molecular weight is 342 g/mol. The van der Waals surface area contributed by atoms with Gasteiger partial charge in [0, 0.05) is 0 Å². The van der Waals surface area contributed by atoms with Crippen LogP contribution in [-0.4, -0.2) is 10.2 Å². The van der Waals surface area contributed by atoms with Crippen LogP contribution in [-0.2, 0) is 15.7 Å². The van der Waals surface area contributed by atoms with Crippen molar-refractivity contribution in [1.82, 2.24) is 0 Å². The van der Waals surface area contributed by atoms with Crippen molar-refractivity contribution in [2.24, 2.45) is 0 Å². The first-order valence-electron chi connectivity index (χ1n) is 8.85. The van der Waals surface area contributed by atoms with Crippen LogP contribution in [0.5, 0.6) is 0 Å². The van der Waals surface area contributed by atoms with E-state index < -0.39 is 7.60 Å². The summed E-state index contributed by atoms with van der Waals surface area (Å²) in [6.07, 6.45) is 14.1. The lowest BCUT2D eigenvalue weighted by Gasteiger charge is -2.08. The lowest BCUT2D eigenvalue weighted by atomic mass is 10.0. The Morgan fingerprint density at radius 3 is 1.83 bits per heavy atom. The molecule has 4 nitrogen and oxygen atoms in total. The van der Waals surface area contributed by atoms with Crippen LogP contribution in [0.15, 0.2) is 24.3 Å². The molecule has 1 atom stereocenters. The Morgan fingerprint density at radius 1 is 0.870 bits per heavy atom. The summed E-state index contributed by atoms with van der Waals surface area (Å²) in [4.78, 5) is 9.33. The van der Waals surface area contributed by atoms with Gasteiger partial charge in [0.2, 0.25) is 0 Å². The van der Waals surface area contributed by atoms with Crippen LogP contribution in [0.3, 0.4) is 0 Å². The zero-order chi connectivity index (χ0) is 17.0. The molecule has 0 saturated carbocycles. The minimum Gasteiger partial charge on any atom is -0.319 e. The molecule has 0 aliphatic carbocycles. The van der Waals surface area contributed by atoms with E-state index in [-0.39, 0.29) is 5.30 Å². The van der Waals surface area contributed by atoms with Gasteiger partial charge < -0.3 is 4.89 Å². The lowest BCUT2D eigenvalue weighted by Crippen LogP contribution is -2.05. The number of aryl methyl sites for hydroxylation is 1. The van der Waals surface area contributed by atoms with E-state index in [0.29, 0.717) is 0 Å². The van der Waals surface area contributed by atoms with E-state index in [4.69, 9.17) is 5.26 Å². The fraction of sp³-hybridized carbons (Fsp3) is 0.667. The van der Waals surface area contributed by atoms with Crippen molar-refractivity contribution in [3.63, 3.8) is 0 Å². The SMILES string of the molecule is CCCCCCCCCCCCc1ccc(P(=O)(O)OO)cc1. The van der Waals surface area contributed by atoms with Gasteiger partial charge in [0.15, 0.2) is 0 Å². The zero-order valence-corrected chi connectivity index (χ0v) is 15.1. The van der Waals surface area contributed by atoms with E-state index in [0.717, 1.165) is 18.4 Å². The summed E-state index contributed by atoms with van der Waals surface area (Å²) in [7, 11) is -4.04.